The van der Waals surface area contributed by atoms with Crippen molar-refractivity contribution in [1.29, 1.82) is 0 Å². The molecule has 112 valence electrons. The van der Waals surface area contributed by atoms with E-state index in [4.69, 9.17) is 0 Å². The van der Waals surface area contributed by atoms with Crippen LogP contribution in [0.4, 0.5) is 0 Å². The number of nitrogens with zero attached hydrogens (tertiary/aromatic N) is 2. The first-order chi connectivity index (χ1) is 9.24. The molecular formula is C16H33N3. The summed E-state index contributed by atoms with van der Waals surface area (Å²) in [6.07, 6.45) is 8.48. The lowest BCUT2D eigenvalue weighted by molar-refractivity contribution is 0.0695. The van der Waals surface area contributed by atoms with E-state index in [1.807, 2.05) is 0 Å². The highest BCUT2D eigenvalue weighted by atomic mass is 15.2. The Morgan fingerprint density at radius 1 is 1.00 bits per heavy atom. The summed E-state index contributed by atoms with van der Waals surface area (Å²) in [5.74, 6) is 0. The van der Waals surface area contributed by atoms with E-state index in [1.54, 1.807) is 0 Å². The Morgan fingerprint density at radius 3 is 2.32 bits per heavy atom. The summed E-state index contributed by atoms with van der Waals surface area (Å²) in [6, 6.07) is 0. The lowest BCUT2D eigenvalue weighted by atomic mass is 9.73. The zero-order chi connectivity index (χ0) is 13.6. The lowest BCUT2D eigenvalue weighted by Crippen LogP contribution is -2.51. The average molecular weight is 267 g/mol. The second-order valence-electron chi connectivity index (χ2n) is 6.82. The molecule has 1 saturated heterocycles. The molecule has 0 aromatic rings. The van der Waals surface area contributed by atoms with Gasteiger partial charge in [-0.05, 0) is 38.3 Å². The van der Waals surface area contributed by atoms with Crippen LogP contribution in [-0.4, -0.2) is 62.7 Å². The van der Waals surface area contributed by atoms with E-state index < -0.39 is 0 Å². The highest BCUT2D eigenvalue weighted by Gasteiger charge is 2.34. The van der Waals surface area contributed by atoms with Gasteiger partial charge in [-0.15, -0.1) is 0 Å². The van der Waals surface area contributed by atoms with E-state index in [1.165, 1.54) is 84.3 Å². The van der Waals surface area contributed by atoms with Gasteiger partial charge in [-0.25, -0.2) is 0 Å². The van der Waals surface area contributed by atoms with Crippen LogP contribution in [0.25, 0.3) is 0 Å². The third-order valence-electron chi connectivity index (χ3n) is 5.00. The fourth-order valence-electron chi connectivity index (χ4n) is 3.70. The topological polar surface area (TPSA) is 18.5 Å². The Labute approximate surface area is 119 Å². The summed E-state index contributed by atoms with van der Waals surface area (Å²) in [5.41, 5.74) is 0.573. The highest BCUT2D eigenvalue weighted by Crippen LogP contribution is 2.36. The Balaban J connectivity index is 1.85. The first-order valence-corrected chi connectivity index (χ1v) is 8.36. The molecule has 1 aliphatic carbocycles. The largest absolute Gasteiger partial charge is 0.316 e. The molecule has 1 N–H and O–H groups in total. The van der Waals surface area contributed by atoms with Gasteiger partial charge in [-0.2, -0.15) is 0 Å². The number of likely N-dealkylation sites (N-methyl/N-ethyl adjacent to an activating group) is 1. The molecule has 0 bridgehead atoms. The Kier molecular flexibility index (Phi) is 6.11. The molecule has 2 rings (SSSR count). The molecular weight excluding hydrogens is 234 g/mol. The number of rotatable bonds is 6. The third kappa shape index (κ3) is 4.73. The van der Waals surface area contributed by atoms with Gasteiger partial charge >= 0.3 is 0 Å². The normalized spacial score (nSPS) is 25.6. The molecule has 0 unspecified atom stereocenters. The van der Waals surface area contributed by atoms with Crippen LogP contribution in [0.3, 0.4) is 0 Å². The minimum absolute atomic E-state index is 0.573. The van der Waals surface area contributed by atoms with Crippen LogP contribution in [0.5, 0.6) is 0 Å². The zero-order valence-electron chi connectivity index (χ0n) is 13.1. The van der Waals surface area contributed by atoms with Crippen molar-refractivity contribution in [3.8, 4) is 0 Å². The molecule has 0 amide bonds. The van der Waals surface area contributed by atoms with E-state index in [2.05, 4.69) is 29.1 Å². The monoisotopic (exact) mass is 267 g/mol. The number of piperazine rings is 1. The van der Waals surface area contributed by atoms with Crippen LogP contribution in [-0.2, 0) is 0 Å². The third-order valence-corrected chi connectivity index (χ3v) is 5.00. The van der Waals surface area contributed by atoms with Crippen molar-refractivity contribution in [2.45, 2.75) is 45.4 Å². The van der Waals surface area contributed by atoms with Crippen molar-refractivity contribution >= 4 is 0 Å². The second kappa shape index (κ2) is 7.61. The van der Waals surface area contributed by atoms with Gasteiger partial charge < -0.3 is 15.1 Å². The van der Waals surface area contributed by atoms with Crippen molar-refractivity contribution in [1.82, 2.24) is 15.1 Å². The molecule has 3 nitrogen and oxygen atoms in total. The van der Waals surface area contributed by atoms with E-state index in [0.717, 1.165) is 0 Å². The fraction of sp³-hybridized carbons (Fsp3) is 1.00. The summed E-state index contributed by atoms with van der Waals surface area (Å²) in [7, 11) is 2.25. The predicted molar refractivity (Wildman–Crippen MR) is 82.6 cm³/mol. The van der Waals surface area contributed by atoms with Gasteiger partial charge in [0.05, 0.1) is 0 Å². The Morgan fingerprint density at radius 2 is 1.68 bits per heavy atom. The van der Waals surface area contributed by atoms with Gasteiger partial charge in [0.15, 0.2) is 0 Å². The van der Waals surface area contributed by atoms with Gasteiger partial charge in [0.2, 0.25) is 0 Å². The first-order valence-electron chi connectivity index (χ1n) is 8.36. The zero-order valence-corrected chi connectivity index (χ0v) is 13.1. The Hall–Kier alpha value is -0.120. The molecule has 1 aliphatic heterocycles. The van der Waals surface area contributed by atoms with E-state index in [9.17, 15) is 0 Å². The van der Waals surface area contributed by atoms with E-state index in [-0.39, 0.29) is 0 Å². The predicted octanol–water partition coefficient (Wildman–Crippen LogP) is 2.18. The van der Waals surface area contributed by atoms with Crippen molar-refractivity contribution in [3.05, 3.63) is 0 Å². The van der Waals surface area contributed by atoms with Crippen molar-refractivity contribution in [2.75, 3.05) is 52.9 Å². The second-order valence-corrected chi connectivity index (χ2v) is 6.82. The van der Waals surface area contributed by atoms with E-state index in [0.29, 0.717) is 5.41 Å². The summed E-state index contributed by atoms with van der Waals surface area (Å²) >= 11 is 0. The standard InChI is InChI=1S/C16H33N3/c1-3-9-17-14-16(7-5-4-6-8-16)15-19-12-10-18(2)11-13-19/h17H,3-15H2,1-2H3. The molecule has 19 heavy (non-hydrogen) atoms. The van der Waals surface area contributed by atoms with Crippen molar-refractivity contribution in [2.24, 2.45) is 5.41 Å². The van der Waals surface area contributed by atoms with Gasteiger partial charge in [0.25, 0.3) is 0 Å². The van der Waals surface area contributed by atoms with E-state index >= 15 is 0 Å². The molecule has 3 heteroatoms. The minimum atomic E-state index is 0.573. The van der Waals surface area contributed by atoms with Crippen molar-refractivity contribution in [3.63, 3.8) is 0 Å². The summed E-state index contributed by atoms with van der Waals surface area (Å²) in [6.45, 7) is 11.1. The minimum Gasteiger partial charge on any atom is -0.316 e. The maximum atomic E-state index is 3.71. The summed E-state index contributed by atoms with van der Waals surface area (Å²) in [5, 5.41) is 3.71. The van der Waals surface area contributed by atoms with Crippen LogP contribution in [0.2, 0.25) is 0 Å². The molecule has 2 aliphatic rings. The quantitative estimate of drug-likeness (QED) is 0.744. The maximum absolute atomic E-state index is 3.71. The number of hydrogen-bond acceptors (Lipinski definition) is 3. The van der Waals surface area contributed by atoms with Gasteiger partial charge in [0, 0.05) is 39.3 Å². The average Bonchev–Trinajstić information content (AvgIpc) is 2.43. The smallest absolute Gasteiger partial charge is 0.0110 e. The first kappa shape index (κ1) is 15.3. The molecule has 0 spiro atoms. The summed E-state index contributed by atoms with van der Waals surface area (Å²) in [4.78, 5) is 5.18. The van der Waals surface area contributed by atoms with Crippen LogP contribution in [0.1, 0.15) is 45.4 Å². The van der Waals surface area contributed by atoms with Gasteiger partial charge in [0.1, 0.15) is 0 Å². The van der Waals surface area contributed by atoms with Crippen LogP contribution >= 0.6 is 0 Å². The SMILES string of the molecule is CCCNCC1(CN2CCN(C)CC2)CCCCC1. The van der Waals surface area contributed by atoms with Crippen LogP contribution in [0.15, 0.2) is 0 Å². The number of hydrogen-bond donors (Lipinski definition) is 1. The molecule has 0 aromatic carbocycles. The van der Waals surface area contributed by atoms with Gasteiger partial charge in [-0.1, -0.05) is 26.2 Å². The maximum Gasteiger partial charge on any atom is 0.0110 e. The molecule has 1 heterocycles. The van der Waals surface area contributed by atoms with Gasteiger partial charge in [-0.3, -0.25) is 0 Å². The summed E-state index contributed by atoms with van der Waals surface area (Å²) < 4.78 is 0. The molecule has 1 saturated carbocycles. The van der Waals surface area contributed by atoms with Crippen LogP contribution in [0, 0.1) is 5.41 Å². The number of nitrogens with one attached hydrogen (secondary N) is 1. The molecule has 0 aromatic heterocycles. The molecule has 2 fully saturated rings. The highest BCUT2D eigenvalue weighted by molar-refractivity contribution is 4.89. The molecule has 0 atom stereocenters. The Bertz CT molecular complexity index is 240. The van der Waals surface area contributed by atoms with Crippen molar-refractivity contribution < 1.29 is 0 Å². The lowest BCUT2D eigenvalue weighted by Gasteiger charge is -2.43. The molecule has 0 radical (unpaired) electrons. The van der Waals surface area contributed by atoms with Crippen LogP contribution < -0.4 is 5.32 Å². The fourth-order valence-corrected chi connectivity index (χ4v) is 3.70.